The summed E-state index contributed by atoms with van der Waals surface area (Å²) in [6.45, 7) is 3.72. The van der Waals surface area contributed by atoms with Crippen LogP contribution in [-0.4, -0.2) is 62.0 Å². The predicted octanol–water partition coefficient (Wildman–Crippen LogP) is 2.38. The molecule has 2 amide bonds. The van der Waals surface area contributed by atoms with Gasteiger partial charge in [-0.05, 0) is 17.7 Å². The number of nitrogens with zero attached hydrogens (tertiary/aromatic N) is 2. The molecule has 0 unspecified atom stereocenters. The molecular weight excluding hydrogens is 370 g/mol. The molecule has 1 saturated heterocycles. The van der Waals surface area contributed by atoms with Gasteiger partial charge >= 0.3 is 0 Å². The van der Waals surface area contributed by atoms with E-state index in [1.165, 1.54) is 12.7 Å². The van der Waals surface area contributed by atoms with E-state index in [0.717, 1.165) is 19.6 Å². The summed E-state index contributed by atoms with van der Waals surface area (Å²) in [6.07, 6.45) is -0.195. The molecule has 0 spiro atoms. The molecule has 3 rings (SSSR count). The molecule has 29 heavy (non-hydrogen) atoms. The van der Waals surface area contributed by atoms with Gasteiger partial charge in [0.1, 0.15) is 17.9 Å². The van der Waals surface area contributed by atoms with Crippen molar-refractivity contribution in [3.63, 3.8) is 0 Å². The number of hydrogen-bond donors (Lipinski definition) is 1. The van der Waals surface area contributed by atoms with E-state index in [2.05, 4.69) is 22.3 Å². The van der Waals surface area contributed by atoms with Crippen molar-refractivity contribution in [1.29, 1.82) is 0 Å². The third-order valence-corrected chi connectivity index (χ3v) is 4.97. The molecule has 7 nitrogen and oxygen atoms in total. The zero-order valence-electron chi connectivity index (χ0n) is 16.9. The van der Waals surface area contributed by atoms with Crippen LogP contribution < -0.4 is 14.8 Å². The minimum Gasteiger partial charge on any atom is -0.497 e. The van der Waals surface area contributed by atoms with Gasteiger partial charge in [-0.2, -0.15) is 0 Å². The van der Waals surface area contributed by atoms with Crippen molar-refractivity contribution in [2.45, 2.75) is 13.0 Å². The van der Waals surface area contributed by atoms with Gasteiger partial charge in [-0.1, -0.05) is 30.3 Å². The smallest absolute Gasteiger partial charge is 0.233 e. The number of benzene rings is 2. The Morgan fingerprint density at radius 3 is 2.34 bits per heavy atom. The van der Waals surface area contributed by atoms with E-state index in [0.29, 0.717) is 30.3 Å². The molecule has 0 aliphatic carbocycles. The van der Waals surface area contributed by atoms with Crippen molar-refractivity contribution >= 4 is 17.5 Å². The first kappa shape index (κ1) is 20.7. The topological polar surface area (TPSA) is 71.1 Å². The first-order valence-electron chi connectivity index (χ1n) is 9.65. The third-order valence-electron chi connectivity index (χ3n) is 4.97. The largest absolute Gasteiger partial charge is 0.497 e. The number of amides is 2. The number of piperazine rings is 1. The van der Waals surface area contributed by atoms with Crippen molar-refractivity contribution in [1.82, 2.24) is 9.80 Å². The van der Waals surface area contributed by atoms with Crippen molar-refractivity contribution < 1.29 is 19.1 Å². The number of hydrogen-bond acceptors (Lipinski definition) is 5. The second-order valence-electron chi connectivity index (χ2n) is 6.93. The summed E-state index contributed by atoms with van der Waals surface area (Å²) >= 11 is 0. The van der Waals surface area contributed by atoms with Crippen molar-refractivity contribution in [3.8, 4) is 11.5 Å². The second-order valence-corrected chi connectivity index (χ2v) is 6.93. The second kappa shape index (κ2) is 9.93. The van der Waals surface area contributed by atoms with Crippen LogP contribution in [0.5, 0.6) is 11.5 Å². The zero-order chi connectivity index (χ0) is 20.6. The maximum Gasteiger partial charge on any atom is 0.233 e. The van der Waals surface area contributed by atoms with Crippen LogP contribution >= 0.6 is 0 Å². The molecule has 154 valence electrons. The Balaban J connectivity index is 1.49. The number of carbonyl (C=O) groups excluding carboxylic acids is 2. The first-order valence-corrected chi connectivity index (χ1v) is 9.65. The lowest BCUT2D eigenvalue weighted by Crippen LogP contribution is -2.48. The van der Waals surface area contributed by atoms with Crippen LogP contribution in [0.4, 0.5) is 5.69 Å². The quantitative estimate of drug-likeness (QED) is 0.727. The van der Waals surface area contributed by atoms with Crippen molar-refractivity contribution in [2.75, 3.05) is 45.7 Å². The number of carbonyl (C=O) groups is 2. The van der Waals surface area contributed by atoms with Crippen LogP contribution in [0, 0.1) is 0 Å². The lowest BCUT2D eigenvalue weighted by Gasteiger charge is -2.34. The van der Waals surface area contributed by atoms with Crippen LogP contribution in [0.15, 0.2) is 48.5 Å². The summed E-state index contributed by atoms with van der Waals surface area (Å²) < 4.78 is 10.4. The molecule has 0 radical (unpaired) electrons. The predicted molar refractivity (Wildman–Crippen MR) is 111 cm³/mol. The van der Waals surface area contributed by atoms with E-state index in [1.807, 2.05) is 18.2 Å². The van der Waals surface area contributed by atoms with Crippen LogP contribution in [0.3, 0.4) is 0 Å². The Hall–Kier alpha value is -3.06. The number of ether oxygens (including phenoxy) is 2. The Bertz CT molecular complexity index is 833. The van der Waals surface area contributed by atoms with Gasteiger partial charge in [0.2, 0.25) is 11.8 Å². The van der Waals surface area contributed by atoms with E-state index >= 15 is 0 Å². The van der Waals surface area contributed by atoms with Crippen molar-refractivity contribution in [3.05, 3.63) is 54.1 Å². The molecular formula is C22H27N3O4. The maximum atomic E-state index is 12.5. The molecule has 0 bridgehead atoms. The molecule has 1 N–H and O–H groups in total. The Morgan fingerprint density at radius 2 is 1.69 bits per heavy atom. The van der Waals surface area contributed by atoms with Gasteiger partial charge in [-0.3, -0.25) is 14.5 Å². The normalized spacial score (nSPS) is 14.3. The first-order chi connectivity index (χ1) is 14.1. The fraction of sp³-hybridized carbons (Fsp3) is 0.364. The van der Waals surface area contributed by atoms with Gasteiger partial charge in [0.25, 0.3) is 0 Å². The van der Waals surface area contributed by atoms with Gasteiger partial charge < -0.3 is 19.7 Å². The summed E-state index contributed by atoms with van der Waals surface area (Å²) in [5.41, 5.74) is 1.75. The van der Waals surface area contributed by atoms with Gasteiger partial charge in [-0.25, -0.2) is 0 Å². The fourth-order valence-electron chi connectivity index (χ4n) is 3.35. The molecule has 1 heterocycles. The highest BCUT2D eigenvalue weighted by molar-refractivity contribution is 6.04. The molecule has 0 saturated carbocycles. The van der Waals surface area contributed by atoms with Crippen LogP contribution in [-0.2, 0) is 16.1 Å². The van der Waals surface area contributed by atoms with Gasteiger partial charge in [0.15, 0.2) is 0 Å². The van der Waals surface area contributed by atoms with E-state index in [4.69, 9.17) is 9.47 Å². The Labute approximate surface area is 171 Å². The highest BCUT2D eigenvalue weighted by Gasteiger charge is 2.23. The summed E-state index contributed by atoms with van der Waals surface area (Å²) in [7, 11) is 3.08. The monoisotopic (exact) mass is 397 g/mol. The van der Waals surface area contributed by atoms with E-state index in [9.17, 15) is 9.59 Å². The molecule has 0 atom stereocenters. The minimum absolute atomic E-state index is 0.163. The minimum atomic E-state index is -0.367. The number of anilines is 1. The average molecular weight is 397 g/mol. The van der Waals surface area contributed by atoms with Crippen LogP contribution in [0.2, 0.25) is 0 Å². The molecule has 7 heteroatoms. The number of rotatable bonds is 7. The zero-order valence-corrected chi connectivity index (χ0v) is 16.9. The lowest BCUT2D eigenvalue weighted by atomic mass is 10.2. The maximum absolute atomic E-state index is 12.5. The third kappa shape index (κ3) is 5.71. The summed E-state index contributed by atoms with van der Waals surface area (Å²) in [6, 6.07) is 15.4. The highest BCUT2D eigenvalue weighted by Crippen LogP contribution is 2.29. The molecule has 2 aromatic rings. The molecule has 1 fully saturated rings. The fourth-order valence-corrected chi connectivity index (χ4v) is 3.35. The number of methoxy groups -OCH3 is 2. The summed E-state index contributed by atoms with van der Waals surface area (Å²) in [5.74, 6) is 0.583. The van der Waals surface area contributed by atoms with Gasteiger partial charge in [0, 0.05) is 38.8 Å². The summed E-state index contributed by atoms with van der Waals surface area (Å²) in [5, 5.41) is 2.75. The highest BCUT2D eigenvalue weighted by atomic mass is 16.5. The molecule has 1 aliphatic rings. The van der Waals surface area contributed by atoms with E-state index < -0.39 is 0 Å². The summed E-state index contributed by atoms with van der Waals surface area (Å²) in [4.78, 5) is 29.0. The van der Waals surface area contributed by atoms with E-state index in [1.54, 1.807) is 30.2 Å². The van der Waals surface area contributed by atoms with Crippen molar-refractivity contribution in [2.24, 2.45) is 0 Å². The molecule has 1 aliphatic heterocycles. The van der Waals surface area contributed by atoms with E-state index in [-0.39, 0.29) is 18.2 Å². The SMILES string of the molecule is COc1ccc(OC)c(NC(=O)CC(=O)N2CCN(Cc3ccccc3)CC2)c1. The standard InChI is InChI=1S/C22H27N3O4/c1-28-18-8-9-20(29-2)19(14-18)23-21(26)15-22(27)25-12-10-24(11-13-25)16-17-6-4-3-5-7-17/h3-9,14H,10-13,15-16H2,1-2H3,(H,23,26). The van der Waals surface area contributed by atoms with Crippen LogP contribution in [0.25, 0.3) is 0 Å². The average Bonchev–Trinajstić information content (AvgIpc) is 2.74. The molecule has 2 aromatic carbocycles. The Kier molecular flexibility index (Phi) is 7.08. The van der Waals surface area contributed by atoms with Gasteiger partial charge in [-0.15, -0.1) is 0 Å². The van der Waals surface area contributed by atoms with Crippen LogP contribution in [0.1, 0.15) is 12.0 Å². The van der Waals surface area contributed by atoms with Gasteiger partial charge in [0.05, 0.1) is 19.9 Å². The Morgan fingerprint density at radius 1 is 0.966 bits per heavy atom. The molecule has 0 aromatic heterocycles. The lowest BCUT2D eigenvalue weighted by molar-refractivity contribution is -0.136. The number of nitrogens with one attached hydrogen (secondary N) is 1.